The minimum atomic E-state index is -3.29. The molecule has 4 atom stereocenters. The van der Waals surface area contributed by atoms with Crippen molar-refractivity contribution < 1.29 is 13.2 Å². The van der Waals surface area contributed by atoms with E-state index in [0.717, 1.165) is 38.8 Å². The highest BCUT2D eigenvalue weighted by atomic mass is 32.2. The van der Waals surface area contributed by atoms with E-state index >= 15 is 0 Å². The highest BCUT2D eigenvalue weighted by Crippen LogP contribution is 2.43. The Balaban J connectivity index is 1.60. The van der Waals surface area contributed by atoms with Crippen molar-refractivity contribution in [2.24, 2.45) is 5.92 Å². The summed E-state index contributed by atoms with van der Waals surface area (Å²) in [6.07, 6.45) is 3.87. The average Bonchev–Trinajstić information content (AvgIpc) is 2.65. The van der Waals surface area contributed by atoms with Crippen LogP contribution in [0.2, 0.25) is 0 Å². The molecule has 0 bridgehead atoms. The Morgan fingerprint density at radius 2 is 2.08 bits per heavy atom. The molecule has 0 aromatic heterocycles. The Bertz CT molecular complexity index is 751. The van der Waals surface area contributed by atoms with Crippen LogP contribution < -0.4 is 0 Å². The zero-order chi connectivity index (χ0) is 18.3. The Kier molecular flexibility index (Phi) is 5.12. The van der Waals surface area contributed by atoms with Crippen molar-refractivity contribution in [1.82, 2.24) is 9.21 Å². The maximum absolute atomic E-state index is 13.0. The number of hydrogen-bond acceptors (Lipinski definition) is 4. The third-order valence-electron chi connectivity index (χ3n) is 6.53. The SMILES string of the molecule is COC(C)CS(=O)(=O)N1CCCC2CN3CCc4ccccc4C3CC21. The van der Waals surface area contributed by atoms with Crippen LogP contribution in [-0.2, 0) is 21.2 Å². The first-order chi connectivity index (χ1) is 12.5. The minimum absolute atomic E-state index is 0.0810. The molecule has 0 N–H and O–H groups in total. The molecular formula is C20H30N2O3S. The van der Waals surface area contributed by atoms with Crippen molar-refractivity contribution in [3.8, 4) is 0 Å². The van der Waals surface area contributed by atoms with Gasteiger partial charge in [0.1, 0.15) is 0 Å². The molecule has 4 rings (SSSR count). The predicted octanol–water partition coefficient (Wildman–Crippen LogP) is 2.43. The van der Waals surface area contributed by atoms with E-state index in [4.69, 9.17) is 4.74 Å². The van der Waals surface area contributed by atoms with Crippen LogP contribution in [0.15, 0.2) is 24.3 Å². The minimum Gasteiger partial charge on any atom is -0.381 e. The van der Waals surface area contributed by atoms with Gasteiger partial charge in [0.25, 0.3) is 0 Å². The Hall–Kier alpha value is -0.950. The lowest BCUT2D eigenvalue weighted by molar-refractivity contribution is 0.0214. The van der Waals surface area contributed by atoms with Crippen LogP contribution in [0.1, 0.15) is 43.4 Å². The number of methoxy groups -OCH3 is 1. The lowest BCUT2D eigenvalue weighted by Gasteiger charge is -2.51. The monoisotopic (exact) mass is 378 g/mol. The van der Waals surface area contributed by atoms with Crippen LogP contribution in [0.3, 0.4) is 0 Å². The van der Waals surface area contributed by atoms with Gasteiger partial charge in [-0.1, -0.05) is 24.3 Å². The maximum atomic E-state index is 13.0. The predicted molar refractivity (Wildman–Crippen MR) is 103 cm³/mol. The fraction of sp³-hybridized carbons (Fsp3) is 0.700. The van der Waals surface area contributed by atoms with Gasteiger partial charge in [0.05, 0.1) is 11.9 Å². The van der Waals surface area contributed by atoms with E-state index < -0.39 is 10.0 Å². The molecule has 4 unspecified atom stereocenters. The zero-order valence-electron chi connectivity index (χ0n) is 15.8. The molecule has 2 saturated heterocycles. The fourth-order valence-corrected chi connectivity index (χ4v) is 7.16. The molecule has 0 radical (unpaired) electrons. The van der Waals surface area contributed by atoms with Gasteiger partial charge in [0.2, 0.25) is 10.0 Å². The molecule has 5 nitrogen and oxygen atoms in total. The van der Waals surface area contributed by atoms with E-state index in [0.29, 0.717) is 18.5 Å². The van der Waals surface area contributed by atoms with Crippen molar-refractivity contribution in [2.45, 2.75) is 50.8 Å². The number of piperidine rings is 2. The van der Waals surface area contributed by atoms with Crippen LogP contribution in [0, 0.1) is 5.92 Å². The Morgan fingerprint density at radius 1 is 1.27 bits per heavy atom. The van der Waals surface area contributed by atoms with Crippen molar-refractivity contribution in [1.29, 1.82) is 0 Å². The van der Waals surface area contributed by atoms with Gasteiger partial charge < -0.3 is 4.74 Å². The topological polar surface area (TPSA) is 49.9 Å². The number of sulfonamides is 1. The second kappa shape index (κ2) is 7.23. The summed E-state index contributed by atoms with van der Waals surface area (Å²) in [6, 6.07) is 9.19. The van der Waals surface area contributed by atoms with Crippen LogP contribution in [0.4, 0.5) is 0 Å². The Labute approximate surface area is 157 Å². The lowest BCUT2D eigenvalue weighted by Crippen LogP contribution is -2.58. The summed E-state index contributed by atoms with van der Waals surface area (Å²) in [6.45, 7) is 4.61. The molecule has 144 valence electrons. The van der Waals surface area contributed by atoms with Gasteiger partial charge in [-0.25, -0.2) is 8.42 Å². The van der Waals surface area contributed by atoms with E-state index in [9.17, 15) is 8.42 Å². The number of rotatable bonds is 4. The Morgan fingerprint density at radius 3 is 2.88 bits per heavy atom. The van der Waals surface area contributed by atoms with Crippen molar-refractivity contribution in [3.63, 3.8) is 0 Å². The van der Waals surface area contributed by atoms with Gasteiger partial charge >= 0.3 is 0 Å². The van der Waals surface area contributed by atoms with Crippen LogP contribution in [-0.4, -0.2) is 62.3 Å². The first-order valence-corrected chi connectivity index (χ1v) is 11.4. The first-order valence-electron chi connectivity index (χ1n) is 9.84. The smallest absolute Gasteiger partial charge is 0.216 e. The van der Waals surface area contributed by atoms with Gasteiger partial charge in [-0.2, -0.15) is 4.31 Å². The van der Waals surface area contributed by atoms with Crippen molar-refractivity contribution >= 4 is 10.0 Å². The molecule has 0 aliphatic carbocycles. The third-order valence-corrected chi connectivity index (χ3v) is 8.59. The summed E-state index contributed by atoms with van der Waals surface area (Å²) < 4.78 is 33.2. The highest BCUT2D eigenvalue weighted by molar-refractivity contribution is 7.89. The summed E-state index contributed by atoms with van der Waals surface area (Å²) in [7, 11) is -1.71. The summed E-state index contributed by atoms with van der Waals surface area (Å²) in [5.41, 5.74) is 2.84. The third kappa shape index (κ3) is 3.33. The molecule has 0 saturated carbocycles. The van der Waals surface area contributed by atoms with Crippen LogP contribution in [0.5, 0.6) is 0 Å². The van der Waals surface area contributed by atoms with Gasteiger partial charge in [-0.15, -0.1) is 0 Å². The zero-order valence-corrected chi connectivity index (χ0v) is 16.6. The normalized spacial score (nSPS) is 30.9. The van der Waals surface area contributed by atoms with E-state index in [1.54, 1.807) is 7.11 Å². The fourth-order valence-electron chi connectivity index (χ4n) is 5.16. The summed E-state index contributed by atoms with van der Waals surface area (Å²) in [5.74, 6) is 0.537. The standard InChI is InChI=1S/C20H30N2O3S/c1-15(25-2)14-26(23,24)22-10-5-7-17-13-21-11-9-16-6-3-4-8-18(16)20(21)12-19(17)22/h3-4,6,8,15,17,19-20H,5,7,9-14H2,1-2H3. The van der Waals surface area contributed by atoms with Crippen LogP contribution >= 0.6 is 0 Å². The quantitative estimate of drug-likeness (QED) is 0.807. The number of nitrogens with zero attached hydrogens (tertiary/aromatic N) is 2. The number of benzene rings is 1. The molecule has 1 aromatic carbocycles. The molecular weight excluding hydrogens is 348 g/mol. The van der Waals surface area contributed by atoms with E-state index in [1.165, 1.54) is 11.1 Å². The second-order valence-electron chi connectivity index (χ2n) is 8.10. The van der Waals surface area contributed by atoms with E-state index in [2.05, 4.69) is 29.2 Å². The van der Waals surface area contributed by atoms with Crippen molar-refractivity contribution in [2.75, 3.05) is 32.5 Å². The largest absolute Gasteiger partial charge is 0.381 e. The van der Waals surface area contributed by atoms with Gasteiger partial charge in [-0.3, -0.25) is 4.90 Å². The van der Waals surface area contributed by atoms with E-state index in [-0.39, 0.29) is 17.9 Å². The molecule has 3 aliphatic rings. The van der Waals surface area contributed by atoms with Crippen molar-refractivity contribution in [3.05, 3.63) is 35.4 Å². The molecule has 26 heavy (non-hydrogen) atoms. The van der Waals surface area contributed by atoms with Gasteiger partial charge in [-0.05, 0) is 49.7 Å². The second-order valence-corrected chi connectivity index (χ2v) is 10.1. The summed E-state index contributed by atoms with van der Waals surface area (Å²) in [5, 5.41) is 0. The van der Waals surface area contributed by atoms with Crippen LogP contribution in [0.25, 0.3) is 0 Å². The number of hydrogen-bond donors (Lipinski definition) is 0. The molecule has 1 aromatic rings. The van der Waals surface area contributed by atoms with Gasteiger partial charge in [0.15, 0.2) is 0 Å². The first kappa shape index (κ1) is 18.4. The molecule has 0 amide bonds. The van der Waals surface area contributed by atoms with Gasteiger partial charge in [0, 0.05) is 38.8 Å². The summed E-state index contributed by atoms with van der Waals surface area (Å²) >= 11 is 0. The summed E-state index contributed by atoms with van der Waals surface area (Å²) in [4.78, 5) is 2.59. The van der Waals surface area contributed by atoms with E-state index in [1.807, 2.05) is 11.2 Å². The highest BCUT2D eigenvalue weighted by Gasteiger charge is 2.45. The lowest BCUT2D eigenvalue weighted by atomic mass is 9.77. The molecule has 6 heteroatoms. The number of fused-ring (bicyclic) bond motifs is 4. The molecule has 3 heterocycles. The molecule has 0 spiro atoms. The maximum Gasteiger partial charge on any atom is 0.216 e. The number of ether oxygens (including phenoxy) is 1. The molecule has 3 aliphatic heterocycles. The molecule has 2 fully saturated rings. The average molecular weight is 379 g/mol.